The van der Waals surface area contributed by atoms with E-state index in [4.69, 9.17) is 0 Å². The van der Waals surface area contributed by atoms with Crippen LogP contribution in [0.3, 0.4) is 0 Å². The van der Waals surface area contributed by atoms with Crippen LogP contribution in [0.4, 0.5) is 0 Å². The van der Waals surface area contributed by atoms with Crippen molar-refractivity contribution in [2.45, 2.75) is 65.0 Å². The summed E-state index contributed by atoms with van der Waals surface area (Å²) in [6, 6.07) is 9.79. The molecule has 0 amide bonds. The molecule has 1 aliphatic carbocycles. The fraction of sp³-hybridized carbons (Fsp3) is 0.667. The third-order valence-corrected chi connectivity index (χ3v) is 5.28. The predicted octanol–water partition coefficient (Wildman–Crippen LogP) is 5.70. The summed E-state index contributed by atoms with van der Waals surface area (Å²) >= 11 is 3.56. The highest BCUT2D eigenvalue weighted by Crippen LogP contribution is 2.30. The second kappa shape index (κ2) is 7.61. The maximum absolute atomic E-state index is 3.84. The number of nitrogens with one attached hydrogen (secondary N) is 1. The van der Waals surface area contributed by atoms with Crippen molar-refractivity contribution in [2.75, 3.05) is 0 Å². The minimum absolute atomic E-state index is 0.438. The average molecular weight is 338 g/mol. The normalized spacial score (nSPS) is 25.4. The minimum atomic E-state index is 0.438. The third-order valence-electron chi connectivity index (χ3n) is 4.79. The zero-order valence-electron chi connectivity index (χ0n) is 13.0. The summed E-state index contributed by atoms with van der Waals surface area (Å²) in [6.45, 7) is 7.04. The number of rotatable bonds is 4. The van der Waals surface area contributed by atoms with Gasteiger partial charge in [-0.25, -0.2) is 0 Å². The molecule has 1 N–H and O–H groups in total. The first-order chi connectivity index (χ1) is 9.56. The summed E-state index contributed by atoms with van der Waals surface area (Å²) in [5.41, 5.74) is 1.38. The third kappa shape index (κ3) is 4.60. The lowest BCUT2D eigenvalue weighted by Gasteiger charge is -2.23. The monoisotopic (exact) mass is 337 g/mol. The van der Waals surface area contributed by atoms with Gasteiger partial charge in [0.05, 0.1) is 0 Å². The van der Waals surface area contributed by atoms with Gasteiger partial charge in [0.2, 0.25) is 0 Å². The van der Waals surface area contributed by atoms with Crippen LogP contribution in [-0.2, 0) is 0 Å². The molecule has 0 aromatic heterocycles. The Morgan fingerprint density at radius 2 is 1.90 bits per heavy atom. The zero-order chi connectivity index (χ0) is 14.5. The van der Waals surface area contributed by atoms with Gasteiger partial charge in [-0.05, 0) is 55.7 Å². The van der Waals surface area contributed by atoms with Crippen molar-refractivity contribution >= 4 is 15.9 Å². The van der Waals surface area contributed by atoms with Crippen LogP contribution in [0, 0.1) is 11.8 Å². The first kappa shape index (κ1) is 16.0. The van der Waals surface area contributed by atoms with Gasteiger partial charge in [-0.15, -0.1) is 0 Å². The maximum Gasteiger partial charge on any atom is 0.0294 e. The molecule has 1 aromatic rings. The Labute approximate surface area is 132 Å². The van der Waals surface area contributed by atoms with Crippen LogP contribution in [0.1, 0.15) is 64.5 Å². The van der Waals surface area contributed by atoms with Gasteiger partial charge in [-0.2, -0.15) is 0 Å². The lowest BCUT2D eigenvalue weighted by molar-refractivity contribution is 0.335. The highest BCUT2D eigenvalue weighted by atomic mass is 79.9. The Balaban J connectivity index is 1.90. The number of halogens is 1. The van der Waals surface area contributed by atoms with Crippen molar-refractivity contribution in [3.8, 4) is 0 Å². The second-order valence-corrected chi connectivity index (χ2v) is 7.57. The fourth-order valence-electron chi connectivity index (χ4n) is 3.39. The van der Waals surface area contributed by atoms with Gasteiger partial charge < -0.3 is 5.32 Å². The van der Waals surface area contributed by atoms with Gasteiger partial charge >= 0.3 is 0 Å². The van der Waals surface area contributed by atoms with E-state index in [9.17, 15) is 0 Å². The van der Waals surface area contributed by atoms with Crippen LogP contribution in [0.2, 0.25) is 0 Å². The van der Waals surface area contributed by atoms with Crippen LogP contribution < -0.4 is 5.32 Å². The molecule has 1 nitrogen and oxygen atoms in total. The van der Waals surface area contributed by atoms with Gasteiger partial charge in [-0.3, -0.25) is 0 Å². The van der Waals surface area contributed by atoms with Crippen molar-refractivity contribution in [3.63, 3.8) is 0 Å². The molecular weight excluding hydrogens is 310 g/mol. The van der Waals surface area contributed by atoms with Crippen molar-refractivity contribution < 1.29 is 0 Å². The maximum atomic E-state index is 3.84. The summed E-state index contributed by atoms with van der Waals surface area (Å²) in [5, 5.41) is 3.84. The molecule has 0 spiro atoms. The van der Waals surface area contributed by atoms with Gasteiger partial charge in [0.15, 0.2) is 0 Å². The van der Waals surface area contributed by atoms with E-state index in [1.807, 2.05) is 0 Å². The molecule has 0 bridgehead atoms. The van der Waals surface area contributed by atoms with Crippen molar-refractivity contribution in [1.82, 2.24) is 5.32 Å². The van der Waals surface area contributed by atoms with Crippen LogP contribution >= 0.6 is 15.9 Å². The number of benzene rings is 1. The molecule has 20 heavy (non-hydrogen) atoms. The second-order valence-electron chi connectivity index (χ2n) is 6.65. The first-order valence-electron chi connectivity index (χ1n) is 8.07. The predicted molar refractivity (Wildman–Crippen MR) is 90.9 cm³/mol. The van der Waals surface area contributed by atoms with E-state index >= 15 is 0 Å². The van der Waals surface area contributed by atoms with E-state index in [1.165, 1.54) is 42.1 Å². The van der Waals surface area contributed by atoms with E-state index < -0.39 is 0 Å². The molecule has 0 saturated heterocycles. The average Bonchev–Trinajstić information content (AvgIpc) is 2.64. The van der Waals surface area contributed by atoms with E-state index in [1.54, 1.807) is 0 Å². The molecule has 1 aliphatic rings. The summed E-state index contributed by atoms with van der Waals surface area (Å²) < 4.78 is 1.17. The van der Waals surface area contributed by atoms with E-state index in [0.717, 1.165) is 11.8 Å². The Hall–Kier alpha value is -0.340. The van der Waals surface area contributed by atoms with Crippen LogP contribution in [-0.4, -0.2) is 6.04 Å². The molecule has 1 aromatic carbocycles. The van der Waals surface area contributed by atoms with Crippen LogP contribution in [0.15, 0.2) is 28.7 Å². The lowest BCUT2D eigenvalue weighted by atomic mass is 9.89. The van der Waals surface area contributed by atoms with E-state index in [-0.39, 0.29) is 0 Å². The molecule has 1 saturated carbocycles. The Bertz CT molecular complexity index is 416. The minimum Gasteiger partial charge on any atom is -0.307 e. The zero-order valence-corrected chi connectivity index (χ0v) is 14.6. The fourth-order valence-corrected chi connectivity index (χ4v) is 3.81. The summed E-state index contributed by atoms with van der Waals surface area (Å²) in [5.74, 6) is 1.78. The first-order valence-corrected chi connectivity index (χ1v) is 8.87. The molecule has 1 fully saturated rings. The van der Waals surface area contributed by atoms with Crippen LogP contribution in [0.5, 0.6) is 0 Å². The molecule has 3 atom stereocenters. The number of hydrogen-bond donors (Lipinski definition) is 1. The number of hydrogen-bond acceptors (Lipinski definition) is 1. The Kier molecular flexibility index (Phi) is 6.10. The molecule has 2 heteroatoms. The van der Waals surface area contributed by atoms with Gasteiger partial charge in [0.25, 0.3) is 0 Å². The summed E-state index contributed by atoms with van der Waals surface area (Å²) in [6.07, 6.45) is 6.86. The lowest BCUT2D eigenvalue weighted by Crippen LogP contribution is -2.31. The standard InChI is InChI=1S/C18H28BrN/c1-13(2)15-6-5-9-18(11-10-15)20-14(3)16-7-4-8-17(19)12-16/h4,7-8,12-15,18,20H,5-6,9-11H2,1-3H3/t14-,15?,18?/m1/s1. The highest BCUT2D eigenvalue weighted by molar-refractivity contribution is 9.10. The summed E-state index contributed by atoms with van der Waals surface area (Å²) in [4.78, 5) is 0. The van der Waals surface area contributed by atoms with E-state index in [2.05, 4.69) is 66.3 Å². The highest BCUT2D eigenvalue weighted by Gasteiger charge is 2.22. The Morgan fingerprint density at radius 1 is 1.10 bits per heavy atom. The van der Waals surface area contributed by atoms with Crippen molar-refractivity contribution in [1.29, 1.82) is 0 Å². The quantitative estimate of drug-likeness (QED) is 0.694. The van der Waals surface area contributed by atoms with E-state index in [0.29, 0.717) is 12.1 Å². The SMILES string of the molecule is CC(C)C1CCCC(N[C@H](C)c2cccc(Br)c2)CC1. The van der Waals surface area contributed by atoms with Crippen molar-refractivity contribution in [2.24, 2.45) is 11.8 Å². The van der Waals surface area contributed by atoms with Gasteiger partial charge in [0.1, 0.15) is 0 Å². The molecule has 2 unspecified atom stereocenters. The molecule has 112 valence electrons. The molecular formula is C18H28BrN. The smallest absolute Gasteiger partial charge is 0.0294 e. The Morgan fingerprint density at radius 3 is 2.60 bits per heavy atom. The van der Waals surface area contributed by atoms with Gasteiger partial charge in [0, 0.05) is 16.6 Å². The summed E-state index contributed by atoms with van der Waals surface area (Å²) in [7, 11) is 0. The van der Waals surface area contributed by atoms with Gasteiger partial charge in [-0.1, -0.05) is 54.8 Å². The largest absolute Gasteiger partial charge is 0.307 e. The topological polar surface area (TPSA) is 12.0 Å². The molecule has 0 heterocycles. The molecule has 0 aliphatic heterocycles. The van der Waals surface area contributed by atoms with Crippen molar-refractivity contribution in [3.05, 3.63) is 34.3 Å². The molecule has 0 radical (unpaired) electrons. The van der Waals surface area contributed by atoms with Crippen LogP contribution in [0.25, 0.3) is 0 Å². The molecule has 2 rings (SSSR count).